The van der Waals surface area contributed by atoms with Gasteiger partial charge in [0.25, 0.3) is 0 Å². The van der Waals surface area contributed by atoms with Gasteiger partial charge >= 0.3 is 0 Å². The van der Waals surface area contributed by atoms with Crippen LogP contribution < -0.4 is 5.32 Å². The van der Waals surface area contributed by atoms with Crippen molar-refractivity contribution < 1.29 is 0 Å². The Labute approximate surface area is 110 Å². The molecule has 2 heterocycles. The highest BCUT2D eigenvalue weighted by Gasteiger charge is 2.13. The zero-order valence-corrected chi connectivity index (χ0v) is 11.6. The monoisotopic (exact) mass is 267 g/mol. The average molecular weight is 267 g/mol. The van der Waals surface area contributed by atoms with Crippen molar-refractivity contribution in [2.24, 2.45) is 0 Å². The largest absolute Gasteiger partial charge is 0.309 e. The first-order valence-electron chi connectivity index (χ1n) is 5.92. The summed E-state index contributed by atoms with van der Waals surface area (Å²) >= 11 is 3.26. The number of hydrogen-bond acceptors (Lipinski definition) is 5. The zero-order valence-electron chi connectivity index (χ0n) is 9.93. The van der Waals surface area contributed by atoms with Gasteiger partial charge in [-0.25, -0.2) is 0 Å². The van der Waals surface area contributed by atoms with Gasteiger partial charge in [-0.05, 0) is 59.7 Å². The van der Waals surface area contributed by atoms with Gasteiger partial charge in [-0.3, -0.25) is 0 Å². The van der Waals surface area contributed by atoms with Crippen LogP contribution in [0.5, 0.6) is 0 Å². The molecule has 3 nitrogen and oxygen atoms in total. The number of thiophene rings is 1. The van der Waals surface area contributed by atoms with Crippen LogP contribution in [0.1, 0.15) is 36.2 Å². The summed E-state index contributed by atoms with van der Waals surface area (Å²) in [5.41, 5.74) is 1.43. The van der Waals surface area contributed by atoms with E-state index in [0.29, 0.717) is 6.04 Å². The van der Waals surface area contributed by atoms with Crippen LogP contribution in [0, 0.1) is 0 Å². The molecule has 0 aromatic carbocycles. The fraction of sp³-hybridized carbons (Fsp3) is 0.500. The van der Waals surface area contributed by atoms with E-state index in [2.05, 4.69) is 38.7 Å². The lowest BCUT2D eigenvalue weighted by Gasteiger charge is -2.15. The normalized spacial score (nSPS) is 12.8. The summed E-state index contributed by atoms with van der Waals surface area (Å²) in [5.74, 6) is 0. The first-order valence-corrected chi connectivity index (χ1v) is 7.63. The second kappa shape index (κ2) is 6.83. The Morgan fingerprint density at radius 1 is 1.47 bits per heavy atom. The van der Waals surface area contributed by atoms with Gasteiger partial charge in [0.05, 0.1) is 11.1 Å². The molecule has 0 aliphatic rings. The van der Waals surface area contributed by atoms with Crippen LogP contribution in [-0.4, -0.2) is 16.1 Å². The number of hydrogen-bond donors (Lipinski definition) is 1. The molecule has 17 heavy (non-hydrogen) atoms. The van der Waals surface area contributed by atoms with Gasteiger partial charge in [0, 0.05) is 6.04 Å². The van der Waals surface area contributed by atoms with E-state index >= 15 is 0 Å². The van der Waals surface area contributed by atoms with Crippen LogP contribution in [0.2, 0.25) is 0 Å². The van der Waals surface area contributed by atoms with Crippen molar-refractivity contribution in [2.45, 2.75) is 32.2 Å². The molecule has 0 radical (unpaired) electrons. The molecule has 0 saturated heterocycles. The standard InChI is InChI=1S/C12H17N3S2/c1-2-6-13-11(12-8-14-15-17-12)4-3-10-5-7-16-9-10/h5,7-9,11,13H,2-4,6H2,1H3. The molecule has 0 amide bonds. The molecular formula is C12H17N3S2. The quantitative estimate of drug-likeness (QED) is 0.836. The van der Waals surface area contributed by atoms with Gasteiger partial charge < -0.3 is 5.32 Å². The van der Waals surface area contributed by atoms with E-state index in [-0.39, 0.29) is 0 Å². The Hall–Kier alpha value is -0.780. The van der Waals surface area contributed by atoms with Crippen LogP contribution in [0.25, 0.3) is 0 Å². The highest BCUT2D eigenvalue weighted by Crippen LogP contribution is 2.21. The van der Waals surface area contributed by atoms with Gasteiger partial charge in [0.2, 0.25) is 0 Å². The maximum atomic E-state index is 3.95. The SMILES string of the molecule is CCCNC(CCc1ccsc1)c1cnns1. The molecule has 1 atom stereocenters. The molecule has 92 valence electrons. The predicted molar refractivity (Wildman–Crippen MR) is 73.6 cm³/mol. The van der Waals surface area contributed by atoms with Crippen LogP contribution in [0.3, 0.4) is 0 Å². The third kappa shape index (κ3) is 3.87. The Morgan fingerprint density at radius 3 is 3.06 bits per heavy atom. The summed E-state index contributed by atoms with van der Waals surface area (Å²) in [6.45, 7) is 3.24. The molecule has 5 heteroatoms. The topological polar surface area (TPSA) is 37.8 Å². The van der Waals surface area contributed by atoms with E-state index in [1.54, 1.807) is 11.3 Å². The molecule has 0 aliphatic carbocycles. The summed E-state index contributed by atoms with van der Waals surface area (Å²) in [4.78, 5) is 1.24. The van der Waals surface area contributed by atoms with Gasteiger partial charge in [-0.1, -0.05) is 11.4 Å². The van der Waals surface area contributed by atoms with Crippen molar-refractivity contribution in [2.75, 3.05) is 6.54 Å². The maximum Gasteiger partial charge on any atom is 0.0669 e. The molecule has 0 bridgehead atoms. The fourth-order valence-corrected chi connectivity index (χ4v) is 3.05. The molecule has 1 N–H and O–H groups in total. The summed E-state index contributed by atoms with van der Waals surface area (Å²) < 4.78 is 3.95. The average Bonchev–Trinajstić information content (AvgIpc) is 3.01. The molecule has 0 fully saturated rings. The lowest BCUT2D eigenvalue weighted by atomic mass is 10.1. The lowest BCUT2D eigenvalue weighted by molar-refractivity contribution is 0.506. The van der Waals surface area contributed by atoms with Gasteiger partial charge in [-0.15, -0.1) is 5.10 Å². The Morgan fingerprint density at radius 2 is 2.41 bits per heavy atom. The highest BCUT2D eigenvalue weighted by molar-refractivity contribution is 7.08. The first-order chi connectivity index (χ1) is 8.40. The number of aryl methyl sites for hydroxylation is 1. The maximum absolute atomic E-state index is 3.95. The van der Waals surface area contributed by atoms with E-state index in [0.717, 1.165) is 25.8 Å². The van der Waals surface area contributed by atoms with E-state index < -0.39 is 0 Å². The summed E-state index contributed by atoms with van der Waals surface area (Å²) in [7, 11) is 0. The minimum atomic E-state index is 0.398. The molecule has 1 unspecified atom stereocenters. The molecule has 2 aromatic rings. The van der Waals surface area contributed by atoms with Crippen molar-refractivity contribution in [1.29, 1.82) is 0 Å². The third-order valence-electron chi connectivity index (χ3n) is 2.66. The van der Waals surface area contributed by atoms with Crippen LogP contribution in [0.15, 0.2) is 23.0 Å². The number of aromatic nitrogens is 2. The van der Waals surface area contributed by atoms with Gasteiger partial charge in [0.15, 0.2) is 0 Å². The Kier molecular flexibility index (Phi) is 5.09. The molecule has 2 aromatic heterocycles. The smallest absolute Gasteiger partial charge is 0.0669 e. The van der Waals surface area contributed by atoms with Crippen molar-refractivity contribution in [3.63, 3.8) is 0 Å². The number of rotatable bonds is 7. The summed E-state index contributed by atoms with van der Waals surface area (Å²) in [6, 6.07) is 2.60. The lowest BCUT2D eigenvalue weighted by Crippen LogP contribution is -2.21. The Bertz CT molecular complexity index is 397. The first kappa shape index (κ1) is 12.7. The number of nitrogens with one attached hydrogen (secondary N) is 1. The summed E-state index contributed by atoms with van der Waals surface area (Å²) in [6.07, 6.45) is 5.26. The summed E-state index contributed by atoms with van der Waals surface area (Å²) in [5, 5.41) is 11.9. The minimum Gasteiger partial charge on any atom is -0.309 e. The zero-order chi connectivity index (χ0) is 11.9. The molecule has 0 saturated carbocycles. The second-order valence-electron chi connectivity index (χ2n) is 4.00. The van der Waals surface area contributed by atoms with Crippen molar-refractivity contribution >= 4 is 22.9 Å². The third-order valence-corrected chi connectivity index (χ3v) is 4.17. The van der Waals surface area contributed by atoms with Crippen molar-refractivity contribution in [3.8, 4) is 0 Å². The van der Waals surface area contributed by atoms with Crippen molar-refractivity contribution in [1.82, 2.24) is 14.9 Å². The van der Waals surface area contributed by atoms with Crippen LogP contribution in [0.4, 0.5) is 0 Å². The molecule has 0 aliphatic heterocycles. The van der Waals surface area contributed by atoms with E-state index in [1.165, 1.54) is 22.0 Å². The minimum absolute atomic E-state index is 0.398. The van der Waals surface area contributed by atoms with Crippen LogP contribution >= 0.6 is 22.9 Å². The van der Waals surface area contributed by atoms with E-state index in [4.69, 9.17) is 0 Å². The van der Waals surface area contributed by atoms with E-state index in [9.17, 15) is 0 Å². The Balaban J connectivity index is 1.91. The molecule has 2 rings (SSSR count). The molecular weight excluding hydrogens is 250 g/mol. The van der Waals surface area contributed by atoms with Crippen molar-refractivity contribution in [3.05, 3.63) is 33.5 Å². The van der Waals surface area contributed by atoms with E-state index in [1.807, 2.05) is 6.20 Å². The predicted octanol–water partition coefficient (Wildman–Crippen LogP) is 3.27. The fourth-order valence-electron chi connectivity index (χ4n) is 1.74. The molecule has 0 spiro atoms. The van der Waals surface area contributed by atoms with Gasteiger partial charge in [-0.2, -0.15) is 11.3 Å². The van der Waals surface area contributed by atoms with Gasteiger partial charge in [0.1, 0.15) is 0 Å². The second-order valence-corrected chi connectivity index (χ2v) is 5.59. The van der Waals surface area contributed by atoms with Crippen LogP contribution in [-0.2, 0) is 6.42 Å². The number of nitrogens with zero attached hydrogens (tertiary/aromatic N) is 2. The highest BCUT2D eigenvalue weighted by atomic mass is 32.1.